The van der Waals surface area contributed by atoms with Crippen LogP contribution in [0, 0.1) is 13.8 Å². The molecule has 0 spiro atoms. The van der Waals surface area contributed by atoms with Crippen LogP contribution in [0.4, 0.5) is 30.4 Å². The molecule has 0 fully saturated rings. The van der Waals surface area contributed by atoms with Crippen LogP contribution in [-0.2, 0) is 6.18 Å². The van der Waals surface area contributed by atoms with Gasteiger partial charge in [-0.3, -0.25) is 4.79 Å². The van der Waals surface area contributed by atoms with E-state index >= 15 is 0 Å². The molecule has 0 bridgehead atoms. The summed E-state index contributed by atoms with van der Waals surface area (Å²) < 4.78 is 37.8. The van der Waals surface area contributed by atoms with E-state index in [1.165, 1.54) is 24.5 Å². The summed E-state index contributed by atoms with van der Waals surface area (Å²) in [6, 6.07) is 10.1. The van der Waals surface area contributed by atoms with E-state index in [9.17, 15) is 18.0 Å². The van der Waals surface area contributed by atoms with E-state index in [0.717, 1.165) is 23.3 Å². The van der Waals surface area contributed by atoms with Gasteiger partial charge >= 0.3 is 6.18 Å². The van der Waals surface area contributed by atoms with Crippen molar-refractivity contribution in [3.05, 3.63) is 77.2 Å². The zero-order valence-corrected chi connectivity index (χ0v) is 15.1. The van der Waals surface area contributed by atoms with Crippen LogP contribution in [-0.4, -0.2) is 15.9 Å². The summed E-state index contributed by atoms with van der Waals surface area (Å²) in [6.45, 7) is 3.93. The zero-order chi connectivity index (χ0) is 20.3. The lowest BCUT2D eigenvalue weighted by molar-refractivity contribution is -0.137. The Bertz CT molecular complexity index is 984. The molecule has 3 aromatic rings. The molecule has 144 valence electrons. The van der Waals surface area contributed by atoms with Crippen LogP contribution in [0.2, 0.25) is 0 Å². The average Bonchev–Trinajstić information content (AvgIpc) is 2.65. The number of nitrogens with one attached hydrogen (secondary N) is 2. The number of rotatable bonds is 4. The number of nitrogens with zero attached hydrogens (tertiary/aromatic N) is 2. The average molecular weight is 386 g/mol. The topological polar surface area (TPSA) is 66.9 Å². The smallest absolute Gasteiger partial charge is 0.339 e. The Morgan fingerprint density at radius 2 is 1.57 bits per heavy atom. The van der Waals surface area contributed by atoms with Gasteiger partial charge in [-0.15, -0.1) is 0 Å². The molecule has 0 unspecified atom stereocenters. The zero-order valence-electron chi connectivity index (χ0n) is 15.1. The second-order valence-electron chi connectivity index (χ2n) is 6.24. The Morgan fingerprint density at radius 1 is 0.893 bits per heavy atom. The van der Waals surface area contributed by atoms with Crippen molar-refractivity contribution in [2.45, 2.75) is 20.0 Å². The molecule has 1 aromatic heterocycles. The van der Waals surface area contributed by atoms with Crippen LogP contribution >= 0.6 is 0 Å². The lowest BCUT2D eigenvalue weighted by Gasteiger charge is -2.09. The summed E-state index contributed by atoms with van der Waals surface area (Å²) in [5.41, 5.74) is 2.65. The number of benzene rings is 2. The van der Waals surface area contributed by atoms with Gasteiger partial charge in [0.15, 0.2) is 0 Å². The van der Waals surface area contributed by atoms with Crippen molar-refractivity contribution in [1.82, 2.24) is 9.97 Å². The Morgan fingerprint density at radius 3 is 2.14 bits per heavy atom. The second kappa shape index (κ2) is 7.67. The van der Waals surface area contributed by atoms with E-state index in [1.54, 1.807) is 6.07 Å². The van der Waals surface area contributed by atoms with Crippen LogP contribution in [0.3, 0.4) is 0 Å². The monoisotopic (exact) mass is 386 g/mol. The van der Waals surface area contributed by atoms with Crippen molar-refractivity contribution < 1.29 is 18.0 Å². The number of aromatic nitrogens is 2. The van der Waals surface area contributed by atoms with Gasteiger partial charge in [-0.05, 0) is 61.4 Å². The highest BCUT2D eigenvalue weighted by atomic mass is 19.4. The van der Waals surface area contributed by atoms with Gasteiger partial charge in [0.05, 0.1) is 18.0 Å². The van der Waals surface area contributed by atoms with Gasteiger partial charge < -0.3 is 10.6 Å². The molecule has 1 heterocycles. The molecule has 0 saturated heterocycles. The lowest BCUT2D eigenvalue weighted by atomic mass is 10.1. The maximum Gasteiger partial charge on any atom is 0.416 e. The molecule has 5 nitrogen and oxygen atoms in total. The number of aryl methyl sites for hydroxylation is 2. The fraction of sp³-hybridized carbons (Fsp3) is 0.150. The standard InChI is InChI=1S/C20H17F3N4O/c1-12-3-6-16(9-13(12)2)27-19(28)17-10-25-18(11-24-17)26-15-7-4-14(5-8-15)20(21,22)23/h3-11H,1-2H3,(H,25,26)(H,27,28). The first-order chi connectivity index (χ1) is 13.2. The van der Waals surface area contributed by atoms with Gasteiger partial charge in [0, 0.05) is 11.4 Å². The molecule has 0 atom stereocenters. The lowest BCUT2D eigenvalue weighted by Crippen LogP contribution is -2.14. The van der Waals surface area contributed by atoms with E-state index < -0.39 is 17.6 Å². The molecule has 0 aliphatic rings. The number of alkyl halides is 3. The van der Waals surface area contributed by atoms with Crippen molar-refractivity contribution in [1.29, 1.82) is 0 Å². The van der Waals surface area contributed by atoms with Gasteiger partial charge in [-0.25, -0.2) is 9.97 Å². The van der Waals surface area contributed by atoms with Crippen molar-refractivity contribution in [2.75, 3.05) is 10.6 Å². The third-order valence-electron chi connectivity index (χ3n) is 4.13. The Hall–Kier alpha value is -3.42. The number of anilines is 3. The van der Waals surface area contributed by atoms with Crippen LogP contribution in [0.25, 0.3) is 0 Å². The van der Waals surface area contributed by atoms with Gasteiger partial charge in [0.25, 0.3) is 5.91 Å². The molecule has 3 rings (SSSR count). The third-order valence-corrected chi connectivity index (χ3v) is 4.13. The van der Waals surface area contributed by atoms with E-state index in [-0.39, 0.29) is 5.69 Å². The van der Waals surface area contributed by atoms with Crippen LogP contribution in [0.1, 0.15) is 27.2 Å². The summed E-state index contributed by atoms with van der Waals surface area (Å²) in [4.78, 5) is 20.4. The first kappa shape index (κ1) is 19.3. The number of halogens is 3. The minimum Gasteiger partial charge on any atom is -0.339 e. The fourth-order valence-corrected chi connectivity index (χ4v) is 2.41. The van der Waals surface area contributed by atoms with Crippen LogP contribution in [0.5, 0.6) is 0 Å². The largest absolute Gasteiger partial charge is 0.416 e. The van der Waals surface area contributed by atoms with Crippen LogP contribution in [0.15, 0.2) is 54.9 Å². The van der Waals surface area contributed by atoms with Gasteiger partial charge in [-0.2, -0.15) is 13.2 Å². The summed E-state index contributed by atoms with van der Waals surface area (Å²) in [6.07, 6.45) is -1.75. The molecule has 2 aromatic carbocycles. The Balaban J connectivity index is 1.65. The predicted molar refractivity (Wildman–Crippen MR) is 101 cm³/mol. The Labute approximate surface area is 159 Å². The number of hydrogen-bond acceptors (Lipinski definition) is 4. The first-order valence-electron chi connectivity index (χ1n) is 8.37. The van der Waals surface area contributed by atoms with Crippen molar-refractivity contribution in [3.63, 3.8) is 0 Å². The summed E-state index contributed by atoms with van der Waals surface area (Å²) >= 11 is 0. The van der Waals surface area contributed by atoms with Gasteiger partial charge in [-0.1, -0.05) is 6.07 Å². The second-order valence-corrected chi connectivity index (χ2v) is 6.24. The molecular weight excluding hydrogens is 369 g/mol. The van der Waals surface area contributed by atoms with E-state index in [2.05, 4.69) is 20.6 Å². The molecule has 1 amide bonds. The minimum absolute atomic E-state index is 0.121. The number of carbonyl (C=O) groups excluding carboxylic acids is 1. The highest BCUT2D eigenvalue weighted by Crippen LogP contribution is 2.30. The predicted octanol–water partition coefficient (Wildman–Crippen LogP) is 5.11. The summed E-state index contributed by atoms with van der Waals surface area (Å²) in [5, 5.41) is 5.59. The van der Waals surface area contributed by atoms with Crippen molar-refractivity contribution in [2.24, 2.45) is 0 Å². The number of carbonyl (C=O) groups is 1. The fourth-order valence-electron chi connectivity index (χ4n) is 2.41. The molecule has 8 heteroatoms. The van der Waals surface area contributed by atoms with Crippen molar-refractivity contribution in [3.8, 4) is 0 Å². The van der Waals surface area contributed by atoms with Crippen LogP contribution < -0.4 is 10.6 Å². The number of amides is 1. The molecule has 28 heavy (non-hydrogen) atoms. The molecular formula is C20H17F3N4O. The molecule has 0 aliphatic heterocycles. The quantitative estimate of drug-likeness (QED) is 0.654. The van der Waals surface area contributed by atoms with Gasteiger partial charge in [0.1, 0.15) is 11.5 Å². The van der Waals surface area contributed by atoms with E-state index in [4.69, 9.17) is 0 Å². The normalized spacial score (nSPS) is 11.2. The maximum atomic E-state index is 12.6. The highest BCUT2D eigenvalue weighted by molar-refractivity contribution is 6.02. The van der Waals surface area contributed by atoms with Gasteiger partial charge in [0.2, 0.25) is 0 Å². The number of hydrogen-bond donors (Lipinski definition) is 2. The minimum atomic E-state index is -4.39. The highest BCUT2D eigenvalue weighted by Gasteiger charge is 2.29. The maximum absolute atomic E-state index is 12.6. The van der Waals surface area contributed by atoms with E-state index in [1.807, 2.05) is 26.0 Å². The summed E-state index contributed by atoms with van der Waals surface area (Å²) in [5.74, 6) is -0.0978. The SMILES string of the molecule is Cc1ccc(NC(=O)c2cnc(Nc3ccc(C(F)(F)F)cc3)cn2)cc1C. The molecule has 0 radical (unpaired) electrons. The third kappa shape index (κ3) is 4.64. The molecule has 2 N–H and O–H groups in total. The van der Waals surface area contributed by atoms with E-state index in [0.29, 0.717) is 17.2 Å². The first-order valence-corrected chi connectivity index (χ1v) is 8.37. The molecule has 0 aliphatic carbocycles. The Kier molecular flexibility index (Phi) is 5.30. The summed E-state index contributed by atoms with van der Waals surface area (Å²) in [7, 11) is 0. The molecule has 0 saturated carbocycles. The van der Waals surface area contributed by atoms with Crippen molar-refractivity contribution >= 4 is 23.1 Å².